The molecule has 3 nitrogen and oxygen atoms in total. The topological polar surface area (TPSA) is 45.0 Å². The van der Waals surface area contributed by atoms with Crippen LogP contribution in [0.25, 0.3) is 0 Å². The highest BCUT2D eigenvalue weighted by molar-refractivity contribution is 5.38. The molecule has 0 spiro atoms. The minimum Gasteiger partial charge on any atom is -0.493 e. The molecule has 0 saturated heterocycles. The van der Waals surface area contributed by atoms with Gasteiger partial charge in [0.2, 0.25) is 0 Å². The van der Waals surface area contributed by atoms with Crippen LogP contribution in [0.5, 0.6) is 5.75 Å². The van der Waals surface area contributed by atoms with E-state index in [1.807, 2.05) is 31.2 Å². The van der Waals surface area contributed by atoms with E-state index in [0.29, 0.717) is 6.61 Å². The van der Waals surface area contributed by atoms with Crippen LogP contribution in [0.3, 0.4) is 0 Å². The zero-order valence-corrected chi connectivity index (χ0v) is 8.45. The molecule has 0 radical (unpaired) electrons. The van der Waals surface area contributed by atoms with Gasteiger partial charge in [0.25, 0.3) is 0 Å². The summed E-state index contributed by atoms with van der Waals surface area (Å²) < 4.78 is 5.43. The second-order valence-corrected chi connectivity index (χ2v) is 2.82. The number of hydrogen-bond acceptors (Lipinski definition) is 3. The van der Waals surface area contributed by atoms with E-state index in [1.165, 1.54) is 0 Å². The Morgan fingerprint density at radius 1 is 1.50 bits per heavy atom. The molecule has 0 aromatic heterocycles. The number of nitrogens with one attached hydrogen (secondary N) is 1. The molecule has 1 N–H and O–H groups in total. The van der Waals surface area contributed by atoms with Gasteiger partial charge in [0, 0.05) is 5.56 Å². The summed E-state index contributed by atoms with van der Waals surface area (Å²) >= 11 is 0. The zero-order valence-electron chi connectivity index (χ0n) is 8.45. The fourth-order valence-electron chi connectivity index (χ4n) is 1.30. The van der Waals surface area contributed by atoms with E-state index >= 15 is 0 Å². The quantitative estimate of drug-likeness (QED) is 0.788. The Balaban J connectivity index is 3.00. The second-order valence-electron chi connectivity index (χ2n) is 2.82. The number of benzene rings is 1. The third-order valence-corrected chi connectivity index (χ3v) is 1.95. The lowest BCUT2D eigenvalue weighted by molar-refractivity contribution is 0.334. The van der Waals surface area contributed by atoms with Crippen molar-refractivity contribution < 1.29 is 4.74 Å². The molecule has 1 rings (SSSR count). The largest absolute Gasteiger partial charge is 0.493 e. The normalized spacial score (nSPS) is 11.8. The van der Waals surface area contributed by atoms with Gasteiger partial charge in [0.1, 0.15) is 11.8 Å². The molecular formula is C11H14N2O. The molecule has 0 amide bonds. The van der Waals surface area contributed by atoms with Crippen molar-refractivity contribution in [1.82, 2.24) is 5.32 Å². The minimum absolute atomic E-state index is 0.308. The van der Waals surface area contributed by atoms with Gasteiger partial charge in [0.15, 0.2) is 0 Å². The summed E-state index contributed by atoms with van der Waals surface area (Å²) in [5.41, 5.74) is 0.888. The molecule has 14 heavy (non-hydrogen) atoms. The molecule has 0 heterocycles. The average Bonchev–Trinajstić information content (AvgIpc) is 2.23. The molecule has 1 unspecified atom stereocenters. The predicted octanol–water partition coefficient (Wildman–Crippen LogP) is 1.87. The van der Waals surface area contributed by atoms with Gasteiger partial charge in [-0.05, 0) is 20.0 Å². The molecule has 0 aliphatic heterocycles. The smallest absolute Gasteiger partial charge is 0.125 e. The highest BCUT2D eigenvalue weighted by Crippen LogP contribution is 2.24. The fourth-order valence-corrected chi connectivity index (χ4v) is 1.30. The molecular weight excluding hydrogens is 176 g/mol. The van der Waals surface area contributed by atoms with Crippen LogP contribution in [0.15, 0.2) is 24.3 Å². The Morgan fingerprint density at radius 3 is 2.79 bits per heavy atom. The molecule has 0 fully saturated rings. The SMILES string of the molecule is CCOc1ccccc1C(C#N)NC. The van der Waals surface area contributed by atoms with Gasteiger partial charge in [-0.15, -0.1) is 0 Å². The van der Waals surface area contributed by atoms with Crippen molar-refractivity contribution in [1.29, 1.82) is 5.26 Å². The van der Waals surface area contributed by atoms with Crippen LogP contribution in [0.2, 0.25) is 0 Å². The van der Waals surface area contributed by atoms with E-state index in [4.69, 9.17) is 10.00 Å². The molecule has 1 aromatic rings. The van der Waals surface area contributed by atoms with Gasteiger partial charge in [-0.3, -0.25) is 0 Å². The number of nitriles is 1. The summed E-state index contributed by atoms with van der Waals surface area (Å²) in [4.78, 5) is 0. The van der Waals surface area contributed by atoms with Crippen molar-refractivity contribution in [2.75, 3.05) is 13.7 Å². The summed E-state index contributed by atoms with van der Waals surface area (Å²) in [7, 11) is 1.76. The monoisotopic (exact) mass is 190 g/mol. The summed E-state index contributed by atoms with van der Waals surface area (Å²) in [5, 5.41) is 11.8. The van der Waals surface area contributed by atoms with E-state index in [1.54, 1.807) is 7.05 Å². The number of hydrogen-bond donors (Lipinski definition) is 1. The van der Waals surface area contributed by atoms with E-state index in [9.17, 15) is 0 Å². The van der Waals surface area contributed by atoms with Crippen LogP contribution in [0, 0.1) is 11.3 Å². The standard InChI is InChI=1S/C11H14N2O/c1-3-14-11-7-5-4-6-9(11)10(8-12)13-2/h4-7,10,13H,3H2,1-2H3. The Bertz CT molecular complexity index is 330. The van der Waals surface area contributed by atoms with Crippen LogP contribution < -0.4 is 10.1 Å². The first kappa shape index (κ1) is 10.6. The third-order valence-electron chi connectivity index (χ3n) is 1.95. The van der Waals surface area contributed by atoms with E-state index in [0.717, 1.165) is 11.3 Å². The minimum atomic E-state index is -0.308. The van der Waals surface area contributed by atoms with Gasteiger partial charge in [-0.1, -0.05) is 18.2 Å². The summed E-state index contributed by atoms with van der Waals surface area (Å²) in [5.74, 6) is 0.774. The predicted molar refractivity (Wildman–Crippen MR) is 55.0 cm³/mol. The van der Waals surface area contributed by atoms with Crippen LogP contribution >= 0.6 is 0 Å². The summed E-state index contributed by atoms with van der Waals surface area (Å²) in [6, 6.07) is 9.45. The van der Waals surface area contributed by atoms with Crippen molar-refractivity contribution in [3.63, 3.8) is 0 Å². The highest BCUT2D eigenvalue weighted by atomic mass is 16.5. The summed E-state index contributed by atoms with van der Waals surface area (Å²) in [6.07, 6.45) is 0. The number of ether oxygens (including phenoxy) is 1. The first-order chi connectivity index (χ1) is 6.83. The van der Waals surface area contributed by atoms with Gasteiger partial charge in [-0.25, -0.2) is 0 Å². The lowest BCUT2D eigenvalue weighted by atomic mass is 10.1. The molecule has 1 aromatic carbocycles. The maximum absolute atomic E-state index is 8.90. The van der Waals surface area contributed by atoms with Crippen molar-refractivity contribution >= 4 is 0 Å². The Hall–Kier alpha value is -1.53. The van der Waals surface area contributed by atoms with Gasteiger partial charge >= 0.3 is 0 Å². The molecule has 0 aliphatic rings. The highest BCUT2D eigenvalue weighted by Gasteiger charge is 2.12. The first-order valence-electron chi connectivity index (χ1n) is 4.62. The van der Waals surface area contributed by atoms with Gasteiger partial charge in [-0.2, -0.15) is 5.26 Å². The van der Waals surface area contributed by atoms with E-state index < -0.39 is 0 Å². The van der Waals surface area contributed by atoms with Crippen LogP contribution in [0.1, 0.15) is 18.5 Å². The maximum Gasteiger partial charge on any atom is 0.125 e. The maximum atomic E-state index is 8.90. The third kappa shape index (κ3) is 2.24. The number of nitrogens with zero attached hydrogens (tertiary/aromatic N) is 1. The van der Waals surface area contributed by atoms with Crippen molar-refractivity contribution in [2.45, 2.75) is 13.0 Å². The van der Waals surface area contributed by atoms with Crippen LogP contribution in [-0.2, 0) is 0 Å². The number of para-hydroxylation sites is 1. The molecule has 1 atom stereocenters. The van der Waals surface area contributed by atoms with Crippen LogP contribution in [-0.4, -0.2) is 13.7 Å². The molecule has 0 saturated carbocycles. The Labute approximate surface area is 84.3 Å². The molecule has 74 valence electrons. The zero-order chi connectivity index (χ0) is 10.4. The van der Waals surface area contributed by atoms with Gasteiger partial charge in [0.05, 0.1) is 12.7 Å². The lowest BCUT2D eigenvalue weighted by Gasteiger charge is -2.13. The van der Waals surface area contributed by atoms with Crippen LogP contribution in [0.4, 0.5) is 0 Å². The molecule has 0 aliphatic carbocycles. The number of rotatable bonds is 4. The Kier molecular flexibility index (Phi) is 3.96. The fraction of sp³-hybridized carbons (Fsp3) is 0.364. The molecule has 3 heteroatoms. The summed E-state index contributed by atoms with van der Waals surface area (Å²) in [6.45, 7) is 2.54. The molecule has 0 bridgehead atoms. The first-order valence-corrected chi connectivity index (χ1v) is 4.62. The van der Waals surface area contributed by atoms with Gasteiger partial charge < -0.3 is 10.1 Å². The second kappa shape index (κ2) is 5.25. The van der Waals surface area contributed by atoms with Crippen molar-refractivity contribution in [3.8, 4) is 11.8 Å². The van der Waals surface area contributed by atoms with E-state index in [-0.39, 0.29) is 6.04 Å². The van der Waals surface area contributed by atoms with E-state index in [2.05, 4.69) is 11.4 Å². The average molecular weight is 190 g/mol. The lowest BCUT2D eigenvalue weighted by Crippen LogP contribution is -2.15. The van der Waals surface area contributed by atoms with Crippen molar-refractivity contribution in [2.24, 2.45) is 0 Å². The Morgan fingerprint density at radius 2 is 2.21 bits per heavy atom. The van der Waals surface area contributed by atoms with Crippen molar-refractivity contribution in [3.05, 3.63) is 29.8 Å².